The van der Waals surface area contributed by atoms with Gasteiger partial charge in [0, 0.05) is 13.2 Å². The van der Waals surface area contributed by atoms with Crippen molar-refractivity contribution in [1.82, 2.24) is 5.01 Å². The summed E-state index contributed by atoms with van der Waals surface area (Å²) in [4.78, 5) is 0. The van der Waals surface area contributed by atoms with Crippen LogP contribution in [0.1, 0.15) is 13.3 Å². The van der Waals surface area contributed by atoms with Crippen LogP contribution in [0.15, 0.2) is 5.10 Å². The number of fused-ring (bicyclic) bond motifs is 1. The molecule has 3 atom stereocenters. The fourth-order valence-corrected chi connectivity index (χ4v) is 1.88. The molecule has 4 nitrogen and oxygen atoms in total. The molecule has 0 saturated carbocycles. The molecule has 2 aliphatic heterocycles. The molecule has 0 aliphatic carbocycles. The van der Waals surface area contributed by atoms with Crippen molar-refractivity contribution in [2.24, 2.45) is 5.10 Å². The molecule has 1 fully saturated rings. The Morgan fingerprint density at radius 2 is 2.58 bits per heavy atom. The van der Waals surface area contributed by atoms with Gasteiger partial charge in [0.05, 0.1) is 12.3 Å². The lowest BCUT2D eigenvalue weighted by molar-refractivity contribution is 0.0215. The summed E-state index contributed by atoms with van der Waals surface area (Å²) in [6.45, 7) is 3.48. The van der Waals surface area contributed by atoms with Crippen LogP contribution in [0, 0.1) is 0 Å². The van der Waals surface area contributed by atoms with E-state index >= 15 is 0 Å². The van der Waals surface area contributed by atoms with E-state index < -0.39 is 0 Å². The number of hydrogen-bond donors (Lipinski definition) is 1. The fraction of sp³-hybridized carbons (Fsp3) is 0.875. The third-order valence-corrected chi connectivity index (χ3v) is 2.45. The second-order valence-corrected chi connectivity index (χ2v) is 3.19. The van der Waals surface area contributed by atoms with E-state index in [1.165, 1.54) is 0 Å². The van der Waals surface area contributed by atoms with Crippen LogP contribution in [0.4, 0.5) is 0 Å². The highest BCUT2D eigenvalue weighted by Crippen LogP contribution is 2.25. The van der Waals surface area contributed by atoms with E-state index in [1.54, 1.807) is 6.21 Å². The molecule has 0 radical (unpaired) electrons. The summed E-state index contributed by atoms with van der Waals surface area (Å²) in [5.74, 6) is 0. The van der Waals surface area contributed by atoms with Gasteiger partial charge in [0.2, 0.25) is 0 Å². The van der Waals surface area contributed by atoms with Crippen molar-refractivity contribution in [3.8, 4) is 0 Å². The lowest BCUT2D eigenvalue weighted by Gasteiger charge is -2.21. The Balaban J connectivity index is 2.04. The summed E-state index contributed by atoms with van der Waals surface area (Å²) in [6.07, 6.45) is 2.32. The van der Waals surface area contributed by atoms with Gasteiger partial charge in [-0.15, -0.1) is 0 Å². The lowest BCUT2D eigenvalue weighted by atomic mass is 10.1. The molecule has 0 aromatic heterocycles. The van der Waals surface area contributed by atoms with E-state index in [0.29, 0.717) is 6.61 Å². The van der Waals surface area contributed by atoms with Crippen molar-refractivity contribution in [2.75, 3.05) is 13.2 Å². The number of aliphatic hydroxyl groups excluding tert-OH is 1. The van der Waals surface area contributed by atoms with Gasteiger partial charge in [-0.2, -0.15) is 5.10 Å². The maximum Gasteiger partial charge on any atom is 0.119 e. The summed E-state index contributed by atoms with van der Waals surface area (Å²) in [7, 11) is 0. The molecular formula is C8H14N2O2. The highest BCUT2D eigenvalue weighted by Gasteiger charge is 2.41. The van der Waals surface area contributed by atoms with E-state index in [-0.39, 0.29) is 18.2 Å². The van der Waals surface area contributed by atoms with E-state index in [9.17, 15) is 5.11 Å². The minimum absolute atomic E-state index is 0.00694. The van der Waals surface area contributed by atoms with Crippen molar-refractivity contribution in [2.45, 2.75) is 31.6 Å². The molecule has 0 spiro atoms. The standard InChI is InChI=1S/C8H14N2O2/c1-2-12-7-5-9-10-4-3-6(11)8(7)10/h5-8,11H,2-4H2,1H3/t6-,7+,8-/m0/s1. The first-order valence-corrected chi connectivity index (χ1v) is 4.43. The van der Waals surface area contributed by atoms with Crippen molar-refractivity contribution in [3.63, 3.8) is 0 Å². The highest BCUT2D eigenvalue weighted by molar-refractivity contribution is 5.66. The van der Waals surface area contributed by atoms with Crippen LogP contribution in [0.3, 0.4) is 0 Å². The molecule has 2 rings (SSSR count). The van der Waals surface area contributed by atoms with E-state index in [0.717, 1.165) is 13.0 Å². The molecule has 0 bridgehead atoms. The molecule has 0 amide bonds. The van der Waals surface area contributed by atoms with Gasteiger partial charge in [-0.25, -0.2) is 0 Å². The topological polar surface area (TPSA) is 45.1 Å². The lowest BCUT2D eigenvalue weighted by Crippen LogP contribution is -2.39. The van der Waals surface area contributed by atoms with Gasteiger partial charge in [-0.1, -0.05) is 0 Å². The van der Waals surface area contributed by atoms with E-state index in [4.69, 9.17) is 4.74 Å². The monoisotopic (exact) mass is 170 g/mol. The van der Waals surface area contributed by atoms with Gasteiger partial charge in [0.15, 0.2) is 0 Å². The molecule has 0 aromatic rings. The molecular weight excluding hydrogens is 156 g/mol. The minimum atomic E-state index is -0.274. The Kier molecular flexibility index (Phi) is 2.02. The molecule has 1 saturated heterocycles. The summed E-state index contributed by atoms with van der Waals surface area (Å²) in [5.41, 5.74) is 0. The summed E-state index contributed by atoms with van der Waals surface area (Å²) in [6, 6.07) is 0.0740. The number of hydrazone groups is 1. The number of hydrogen-bond acceptors (Lipinski definition) is 4. The van der Waals surface area contributed by atoms with Crippen molar-refractivity contribution >= 4 is 6.21 Å². The predicted octanol–water partition coefficient (Wildman–Crippen LogP) is -0.174. The van der Waals surface area contributed by atoms with Gasteiger partial charge in [-0.3, -0.25) is 5.01 Å². The number of rotatable bonds is 2. The molecule has 2 heterocycles. The summed E-state index contributed by atoms with van der Waals surface area (Å²) >= 11 is 0. The van der Waals surface area contributed by atoms with Gasteiger partial charge in [0.1, 0.15) is 12.1 Å². The average Bonchev–Trinajstić information content (AvgIpc) is 2.58. The van der Waals surface area contributed by atoms with Crippen LogP contribution in [0.5, 0.6) is 0 Å². The van der Waals surface area contributed by atoms with Gasteiger partial charge < -0.3 is 9.84 Å². The van der Waals surface area contributed by atoms with Crippen LogP contribution < -0.4 is 0 Å². The van der Waals surface area contributed by atoms with Crippen LogP contribution >= 0.6 is 0 Å². The van der Waals surface area contributed by atoms with Gasteiger partial charge >= 0.3 is 0 Å². The molecule has 1 N–H and O–H groups in total. The Bertz CT molecular complexity index is 195. The van der Waals surface area contributed by atoms with Crippen LogP contribution in [-0.4, -0.2) is 47.7 Å². The molecule has 12 heavy (non-hydrogen) atoms. The maximum atomic E-state index is 9.59. The maximum absolute atomic E-state index is 9.59. The Labute approximate surface area is 71.8 Å². The second-order valence-electron chi connectivity index (χ2n) is 3.19. The second kappa shape index (κ2) is 3.03. The normalized spacial score (nSPS) is 39.2. The largest absolute Gasteiger partial charge is 0.391 e. The quantitative estimate of drug-likeness (QED) is 0.625. The van der Waals surface area contributed by atoms with Crippen molar-refractivity contribution < 1.29 is 9.84 Å². The van der Waals surface area contributed by atoms with Crippen LogP contribution in [0.25, 0.3) is 0 Å². The Hall–Kier alpha value is -0.610. The highest BCUT2D eigenvalue weighted by atomic mass is 16.5. The van der Waals surface area contributed by atoms with Gasteiger partial charge in [0.25, 0.3) is 0 Å². The first-order chi connectivity index (χ1) is 5.83. The molecule has 68 valence electrons. The smallest absolute Gasteiger partial charge is 0.119 e. The van der Waals surface area contributed by atoms with Crippen LogP contribution in [-0.2, 0) is 4.74 Å². The third-order valence-electron chi connectivity index (χ3n) is 2.45. The molecule has 4 heteroatoms. The zero-order valence-electron chi connectivity index (χ0n) is 7.18. The Morgan fingerprint density at radius 1 is 1.75 bits per heavy atom. The predicted molar refractivity (Wildman–Crippen MR) is 45.0 cm³/mol. The summed E-state index contributed by atoms with van der Waals surface area (Å²) in [5, 5.41) is 15.7. The molecule has 0 aromatic carbocycles. The molecule has 2 aliphatic rings. The third kappa shape index (κ3) is 1.11. The van der Waals surface area contributed by atoms with Crippen molar-refractivity contribution in [3.05, 3.63) is 0 Å². The van der Waals surface area contributed by atoms with Crippen LogP contribution in [0.2, 0.25) is 0 Å². The zero-order chi connectivity index (χ0) is 8.55. The van der Waals surface area contributed by atoms with Gasteiger partial charge in [-0.05, 0) is 13.3 Å². The van der Waals surface area contributed by atoms with E-state index in [2.05, 4.69) is 5.10 Å². The zero-order valence-corrected chi connectivity index (χ0v) is 7.18. The Morgan fingerprint density at radius 3 is 3.33 bits per heavy atom. The summed E-state index contributed by atoms with van der Waals surface area (Å²) < 4.78 is 5.44. The van der Waals surface area contributed by atoms with E-state index in [1.807, 2.05) is 11.9 Å². The first-order valence-electron chi connectivity index (χ1n) is 4.43. The molecule has 0 unspecified atom stereocenters. The first kappa shape index (κ1) is 8.01. The fourth-order valence-electron chi connectivity index (χ4n) is 1.88. The number of nitrogens with zero attached hydrogens (tertiary/aromatic N) is 2. The SMILES string of the molecule is CCO[C@@H]1C=NN2CC[C@H](O)[C@@H]12. The van der Waals surface area contributed by atoms with Crippen molar-refractivity contribution in [1.29, 1.82) is 0 Å². The number of aliphatic hydroxyl groups is 1. The number of ether oxygens (including phenoxy) is 1. The average molecular weight is 170 g/mol. The minimum Gasteiger partial charge on any atom is -0.391 e.